The molecule has 0 saturated carbocycles. The average Bonchev–Trinajstić information content (AvgIpc) is 2.68. The zero-order chi connectivity index (χ0) is 20.7. The molecule has 28 heavy (non-hydrogen) atoms. The molecule has 1 aromatic carbocycles. The second-order valence-electron chi connectivity index (χ2n) is 7.06. The SMILES string of the molecule is CCCN(CCC)C(=O)c1ccc(CNc2cnn(C(C)C)c(=O)c2Cl)cc1. The maximum absolute atomic E-state index is 12.6. The molecule has 0 fully saturated rings. The summed E-state index contributed by atoms with van der Waals surface area (Å²) in [5.74, 6) is 0.0627. The minimum atomic E-state index is -0.311. The van der Waals surface area contributed by atoms with Gasteiger partial charge in [-0.25, -0.2) is 4.68 Å². The maximum Gasteiger partial charge on any atom is 0.287 e. The predicted octanol–water partition coefficient (Wildman–Crippen LogP) is 4.35. The molecule has 152 valence electrons. The van der Waals surface area contributed by atoms with E-state index in [1.807, 2.05) is 43.0 Å². The van der Waals surface area contributed by atoms with Gasteiger partial charge in [-0.05, 0) is 44.4 Å². The van der Waals surface area contributed by atoms with Crippen LogP contribution in [-0.4, -0.2) is 33.7 Å². The monoisotopic (exact) mass is 404 g/mol. The lowest BCUT2D eigenvalue weighted by molar-refractivity contribution is 0.0755. The third kappa shape index (κ3) is 5.35. The first-order chi connectivity index (χ1) is 13.4. The van der Waals surface area contributed by atoms with Crippen molar-refractivity contribution >= 4 is 23.2 Å². The van der Waals surface area contributed by atoms with Gasteiger partial charge in [-0.2, -0.15) is 5.10 Å². The third-order valence-electron chi connectivity index (χ3n) is 4.39. The lowest BCUT2D eigenvalue weighted by Gasteiger charge is -2.21. The number of aromatic nitrogens is 2. The van der Waals surface area contributed by atoms with Crippen molar-refractivity contribution in [1.29, 1.82) is 0 Å². The summed E-state index contributed by atoms with van der Waals surface area (Å²) < 4.78 is 1.35. The Morgan fingerprint density at radius 2 is 1.79 bits per heavy atom. The summed E-state index contributed by atoms with van der Waals surface area (Å²) in [6, 6.07) is 7.45. The van der Waals surface area contributed by atoms with E-state index in [1.165, 1.54) is 4.68 Å². The van der Waals surface area contributed by atoms with Crippen LogP contribution >= 0.6 is 11.6 Å². The van der Waals surface area contributed by atoms with Crippen molar-refractivity contribution in [1.82, 2.24) is 14.7 Å². The van der Waals surface area contributed by atoms with Gasteiger partial charge in [0, 0.05) is 25.2 Å². The highest BCUT2D eigenvalue weighted by molar-refractivity contribution is 6.32. The molecule has 0 unspecified atom stereocenters. The number of carbonyl (C=O) groups is 1. The van der Waals surface area contributed by atoms with Gasteiger partial charge in [-0.1, -0.05) is 37.6 Å². The van der Waals surface area contributed by atoms with Crippen LogP contribution in [0, 0.1) is 0 Å². The Kier molecular flexibility index (Phi) is 8.05. The fraction of sp³-hybridized carbons (Fsp3) is 0.476. The molecule has 1 amide bonds. The van der Waals surface area contributed by atoms with Gasteiger partial charge >= 0.3 is 0 Å². The molecule has 0 aliphatic carbocycles. The Morgan fingerprint density at radius 3 is 2.32 bits per heavy atom. The van der Waals surface area contributed by atoms with Gasteiger partial charge in [0.05, 0.1) is 17.9 Å². The van der Waals surface area contributed by atoms with E-state index in [4.69, 9.17) is 11.6 Å². The number of nitrogens with zero attached hydrogens (tertiary/aromatic N) is 3. The second kappa shape index (κ2) is 10.3. The van der Waals surface area contributed by atoms with Crippen LogP contribution in [0.3, 0.4) is 0 Å². The van der Waals surface area contributed by atoms with Crippen molar-refractivity contribution in [2.24, 2.45) is 0 Å². The minimum absolute atomic E-state index is 0.0517. The molecule has 0 saturated heterocycles. The zero-order valence-corrected chi connectivity index (χ0v) is 17.8. The molecule has 0 aliphatic heterocycles. The lowest BCUT2D eigenvalue weighted by atomic mass is 10.1. The highest BCUT2D eigenvalue weighted by atomic mass is 35.5. The van der Waals surface area contributed by atoms with E-state index in [2.05, 4.69) is 24.3 Å². The first kappa shape index (κ1) is 22.0. The van der Waals surface area contributed by atoms with Gasteiger partial charge in [0.25, 0.3) is 11.5 Å². The predicted molar refractivity (Wildman–Crippen MR) is 114 cm³/mol. The number of rotatable bonds is 9. The first-order valence-electron chi connectivity index (χ1n) is 9.78. The molecule has 0 spiro atoms. The molecular weight excluding hydrogens is 376 g/mol. The number of nitrogens with one attached hydrogen (secondary N) is 1. The maximum atomic E-state index is 12.6. The number of benzene rings is 1. The standard InChI is InChI=1S/C21H29ClN4O2/c1-5-11-25(12-6-2)20(27)17-9-7-16(8-10-17)13-23-18-14-24-26(15(3)4)21(28)19(18)22/h7-10,14-15,23H,5-6,11-13H2,1-4H3. The molecule has 7 heteroatoms. The van der Waals surface area contributed by atoms with Crippen LogP contribution in [0.4, 0.5) is 5.69 Å². The van der Waals surface area contributed by atoms with Crippen molar-refractivity contribution < 1.29 is 4.79 Å². The van der Waals surface area contributed by atoms with E-state index >= 15 is 0 Å². The van der Waals surface area contributed by atoms with Gasteiger partial charge in [-0.3, -0.25) is 9.59 Å². The van der Waals surface area contributed by atoms with Gasteiger partial charge in [0.2, 0.25) is 0 Å². The van der Waals surface area contributed by atoms with Gasteiger partial charge < -0.3 is 10.2 Å². The number of carbonyl (C=O) groups excluding carboxylic acids is 1. The quantitative estimate of drug-likeness (QED) is 0.674. The van der Waals surface area contributed by atoms with E-state index in [1.54, 1.807) is 6.20 Å². The number of anilines is 1. The van der Waals surface area contributed by atoms with E-state index in [-0.39, 0.29) is 22.5 Å². The van der Waals surface area contributed by atoms with E-state index in [9.17, 15) is 9.59 Å². The summed E-state index contributed by atoms with van der Waals surface area (Å²) in [5, 5.41) is 7.42. The van der Waals surface area contributed by atoms with Crippen molar-refractivity contribution in [2.75, 3.05) is 18.4 Å². The Balaban J connectivity index is 2.06. The first-order valence-corrected chi connectivity index (χ1v) is 10.2. The van der Waals surface area contributed by atoms with Crippen molar-refractivity contribution in [3.63, 3.8) is 0 Å². The summed E-state index contributed by atoms with van der Waals surface area (Å²) >= 11 is 6.18. The van der Waals surface area contributed by atoms with Crippen LogP contribution in [0.15, 0.2) is 35.3 Å². The Morgan fingerprint density at radius 1 is 1.18 bits per heavy atom. The summed E-state index contributed by atoms with van der Waals surface area (Å²) in [5.41, 5.74) is 1.86. The molecule has 0 atom stereocenters. The highest BCUT2D eigenvalue weighted by Gasteiger charge is 2.14. The van der Waals surface area contributed by atoms with E-state index in [0.717, 1.165) is 31.5 Å². The molecular formula is C21H29ClN4O2. The van der Waals surface area contributed by atoms with E-state index in [0.29, 0.717) is 17.8 Å². The lowest BCUT2D eigenvalue weighted by Crippen LogP contribution is -2.32. The molecule has 2 rings (SSSR count). The van der Waals surface area contributed by atoms with Gasteiger partial charge in [0.15, 0.2) is 0 Å². The van der Waals surface area contributed by atoms with Crippen molar-refractivity contribution in [3.8, 4) is 0 Å². The fourth-order valence-corrected chi connectivity index (χ4v) is 3.14. The minimum Gasteiger partial charge on any atom is -0.378 e. The van der Waals surface area contributed by atoms with Crippen LogP contribution in [-0.2, 0) is 6.54 Å². The van der Waals surface area contributed by atoms with Crippen LogP contribution in [0.2, 0.25) is 5.02 Å². The Hall–Kier alpha value is -2.34. The number of amides is 1. The molecule has 0 aliphatic rings. The fourth-order valence-electron chi connectivity index (χ4n) is 2.94. The number of halogens is 1. The van der Waals surface area contributed by atoms with Gasteiger partial charge in [0.1, 0.15) is 5.02 Å². The average molecular weight is 405 g/mol. The van der Waals surface area contributed by atoms with Crippen LogP contribution in [0.1, 0.15) is 62.5 Å². The molecule has 0 bridgehead atoms. The third-order valence-corrected chi connectivity index (χ3v) is 4.76. The largest absolute Gasteiger partial charge is 0.378 e. The number of hydrogen-bond acceptors (Lipinski definition) is 4. The van der Waals surface area contributed by atoms with Crippen molar-refractivity contribution in [3.05, 3.63) is 57.0 Å². The Labute approximate surface area is 171 Å². The van der Waals surface area contributed by atoms with Crippen LogP contribution in [0.5, 0.6) is 0 Å². The molecule has 1 heterocycles. The summed E-state index contributed by atoms with van der Waals surface area (Å²) in [6.07, 6.45) is 3.45. The van der Waals surface area contributed by atoms with Gasteiger partial charge in [-0.15, -0.1) is 0 Å². The summed E-state index contributed by atoms with van der Waals surface area (Å²) in [6.45, 7) is 9.92. The molecule has 0 radical (unpaired) electrons. The van der Waals surface area contributed by atoms with Crippen molar-refractivity contribution in [2.45, 2.75) is 53.1 Å². The molecule has 6 nitrogen and oxygen atoms in total. The molecule has 1 aromatic heterocycles. The normalized spacial score (nSPS) is 10.9. The van der Waals surface area contributed by atoms with E-state index < -0.39 is 0 Å². The van der Waals surface area contributed by atoms with Crippen LogP contribution in [0.25, 0.3) is 0 Å². The van der Waals surface area contributed by atoms with Crippen LogP contribution < -0.4 is 10.9 Å². The summed E-state index contributed by atoms with van der Waals surface area (Å²) in [7, 11) is 0. The highest BCUT2D eigenvalue weighted by Crippen LogP contribution is 2.18. The summed E-state index contributed by atoms with van der Waals surface area (Å²) in [4.78, 5) is 26.7. The second-order valence-corrected chi connectivity index (χ2v) is 7.44. The Bertz CT molecular complexity index is 840. The molecule has 1 N–H and O–H groups in total. The zero-order valence-electron chi connectivity index (χ0n) is 17.0. The topological polar surface area (TPSA) is 67.2 Å². The smallest absolute Gasteiger partial charge is 0.287 e. The number of hydrogen-bond donors (Lipinski definition) is 1. The molecule has 2 aromatic rings.